The van der Waals surface area contributed by atoms with E-state index < -0.39 is 0 Å². The van der Waals surface area contributed by atoms with Gasteiger partial charge in [0.1, 0.15) is 0 Å². The van der Waals surface area contributed by atoms with E-state index in [0.29, 0.717) is 18.7 Å². The largest absolute Gasteiger partial charge is 0.465 e. The van der Waals surface area contributed by atoms with E-state index >= 15 is 0 Å². The predicted octanol–water partition coefficient (Wildman–Crippen LogP) is 2.69. The summed E-state index contributed by atoms with van der Waals surface area (Å²) in [5, 5.41) is 0. The van der Waals surface area contributed by atoms with Gasteiger partial charge in [0, 0.05) is 6.54 Å². The van der Waals surface area contributed by atoms with Gasteiger partial charge in [-0.05, 0) is 17.2 Å². The van der Waals surface area contributed by atoms with Crippen LogP contribution >= 0.6 is 0 Å². The van der Waals surface area contributed by atoms with Gasteiger partial charge in [-0.2, -0.15) is 5.48 Å². The first-order chi connectivity index (χ1) is 9.81. The van der Waals surface area contributed by atoms with Gasteiger partial charge in [-0.3, -0.25) is 4.84 Å². The summed E-state index contributed by atoms with van der Waals surface area (Å²) in [7, 11) is 1.37. The number of rotatable bonds is 6. The second kappa shape index (κ2) is 7.43. The summed E-state index contributed by atoms with van der Waals surface area (Å²) in [5.74, 6) is -0.342. The van der Waals surface area contributed by atoms with Gasteiger partial charge in [0.25, 0.3) is 0 Å². The molecule has 20 heavy (non-hydrogen) atoms. The Bertz CT molecular complexity index is 555. The summed E-state index contributed by atoms with van der Waals surface area (Å²) in [6.07, 6.45) is 0. The van der Waals surface area contributed by atoms with Crippen molar-refractivity contribution in [1.29, 1.82) is 0 Å². The maximum absolute atomic E-state index is 11.6. The van der Waals surface area contributed by atoms with Crippen molar-refractivity contribution >= 4 is 5.97 Å². The molecule has 0 atom stereocenters. The first kappa shape index (κ1) is 14.2. The number of carbonyl (C=O) groups excluding carboxylic acids is 1. The second-order valence-corrected chi connectivity index (χ2v) is 4.24. The SMILES string of the molecule is COC(=O)c1ccccc1CNOCc1ccccc1. The number of nitrogens with one attached hydrogen (secondary N) is 1. The van der Waals surface area contributed by atoms with Crippen molar-refractivity contribution < 1.29 is 14.4 Å². The quantitative estimate of drug-likeness (QED) is 0.498. The van der Waals surface area contributed by atoms with Crippen LogP contribution in [0.25, 0.3) is 0 Å². The summed E-state index contributed by atoms with van der Waals surface area (Å²) in [6, 6.07) is 17.2. The minimum absolute atomic E-state index is 0.342. The first-order valence-corrected chi connectivity index (χ1v) is 6.36. The minimum atomic E-state index is -0.342. The topological polar surface area (TPSA) is 47.6 Å². The Morgan fingerprint density at radius 2 is 1.75 bits per heavy atom. The van der Waals surface area contributed by atoms with Crippen LogP contribution < -0.4 is 5.48 Å². The van der Waals surface area contributed by atoms with Gasteiger partial charge in [-0.25, -0.2) is 4.79 Å². The van der Waals surface area contributed by atoms with Crippen molar-refractivity contribution in [2.24, 2.45) is 0 Å². The van der Waals surface area contributed by atoms with Crippen molar-refractivity contribution in [3.8, 4) is 0 Å². The highest BCUT2D eigenvalue weighted by Gasteiger charge is 2.10. The average molecular weight is 271 g/mol. The lowest BCUT2D eigenvalue weighted by molar-refractivity contribution is 0.0231. The van der Waals surface area contributed by atoms with E-state index in [-0.39, 0.29) is 5.97 Å². The van der Waals surface area contributed by atoms with Crippen LogP contribution in [0, 0.1) is 0 Å². The number of carbonyl (C=O) groups is 1. The summed E-state index contributed by atoms with van der Waals surface area (Å²) in [6.45, 7) is 0.916. The molecule has 0 aliphatic rings. The van der Waals surface area contributed by atoms with Gasteiger partial charge in [-0.1, -0.05) is 48.5 Å². The number of methoxy groups -OCH3 is 1. The standard InChI is InChI=1S/C16H17NO3/c1-19-16(18)15-10-6-5-9-14(15)11-17-20-12-13-7-3-2-4-8-13/h2-10,17H,11-12H2,1H3. The van der Waals surface area contributed by atoms with E-state index in [0.717, 1.165) is 11.1 Å². The molecule has 0 aliphatic carbocycles. The van der Waals surface area contributed by atoms with Gasteiger partial charge in [-0.15, -0.1) is 0 Å². The Labute approximate surface area is 118 Å². The van der Waals surface area contributed by atoms with Crippen molar-refractivity contribution in [2.75, 3.05) is 7.11 Å². The van der Waals surface area contributed by atoms with E-state index in [1.54, 1.807) is 12.1 Å². The number of hydrogen-bond acceptors (Lipinski definition) is 4. The third-order valence-electron chi connectivity index (χ3n) is 2.87. The number of hydroxylamine groups is 1. The van der Waals surface area contributed by atoms with E-state index in [1.165, 1.54) is 7.11 Å². The predicted molar refractivity (Wildman–Crippen MR) is 75.9 cm³/mol. The Balaban J connectivity index is 1.87. The molecule has 0 saturated heterocycles. The first-order valence-electron chi connectivity index (χ1n) is 6.36. The van der Waals surface area contributed by atoms with Crippen LogP contribution in [0.2, 0.25) is 0 Å². The van der Waals surface area contributed by atoms with Crippen molar-refractivity contribution in [2.45, 2.75) is 13.2 Å². The summed E-state index contributed by atoms with van der Waals surface area (Å²) in [5.41, 5.74) is 5.33. The molecule has 0 saturated carbocycles. The molecular weight excluding hydrogens is 254 g/mol. The maximum atomic E-state index is 11.6. The molecule has 2 rings (SSSR count). The molecular formula is C16H17NO3. The minimum Gasteiger partial charge on any atom is -0.465 e. The van der Waals surface area contributed by atoms with Crippen LogP contribution in [0.15, 0.2) is 54.6 Å². The normalized spacial score (nSPS) is 10.2. The number of benzene rings is 2. The molecule has 0 aliphatic heterocycles. The molecule has 1 N–H and O–H groups in total. The molecule has 0 unspecified atom stereocenters. The fraction of sp³-hybridized carbons (Fsp3) is 0.188. The Kier molecular flexibility index (Phi) is 5.29. The summed E-state index contributed by atoms with van der Waals surface area (Å²) in [4.78, 5) is 17.0. The molecule has 4 heteroatoms. The van der Waals surface area contributed by atoms with E-state index in [4.69, 9.17) is 9.57 Å². The second-order valence-electron chi connectivity index (χ2n) is 4.24. The highest BCUT2D eigenvalue weighted by atomic mass is 16.6. The van der Waals surface area contributed by atoms with Crippen molar-refractivity contribution in [3.05, 3.63) is 71.3 Å². The highest BCUT2D eigenvalue weighted by Crippen LogP contribution is 2.10. The van der Waals surface area contributed by atoms with E-state index in [1.807, 2.05) is 42.5 Å². The van der Waals surface area contributed by atoms with E-state index in [2.05, 4.69) is 5.48 Å². The van der Waals surface area contributed by atoms with Crippen LogP contribution in [0.1, 0.15) is 21.5 Å². The van der Waals surface area contributed by atoms with Crippen LogP contribution in [0.4, 0.5) is 0 Å². The number of esters is 1. The molecule has 2 aromatic carbocycles. The molecule has 0 heterocycles. The Hall–Kier alpha value is -2.17. The molecule has 2 aromatic rings. The average Bonchev–Trinajstić information content (AvgIpc) is 2.52. The molecule has 0 spiro atoms. The maximum Gasteiger partial charge on any atom is 0.338 e. The van der Waals surface area contributed by atoms with Gasteiger partial charge in [0.15, 0.2) is 0 Å². The van der Waals surface area contributed by atoms with Crippen LogP contribution in [-0.2, 0) is 22.7 Å². The zero-order chi connectivity index (χ0) is 14.2. The zero-order valence-corrected chi connectivity index (χ0v) is 11.3. The van der Waals surface area contributed by atoms with Gasteiger partial charge >= 0.3 is 5.97 Å². The lowest BCUT2D eigenvalue weighted by atomic mass is 10.1. The molecule has 0 radical (unpaired) electrons. The smallest absolute Gasteiger partial charge is 0.338 e. The highest BCUT2D eigenvalue weighted by molar-refractivity contribution is 5.90. The van der Waals surface area contributed by atoms with Gasteiger partial charge < -0.3 is 4.74 Å². The summed E-state index contributed by atoms with van der Waals surface area (Å²) >= 11 is 0. The van der Waals surface area contributed by atoms with Crippen molar-refractivity contribution in [3.63, 3.8) is 0 Å². The van der Waals surface area contributed by atoms with Crippen molar-refractivity contribution in [1.82, 2.24) is 5.48 Å². The van der Waals surface area contributed by atoms with Crippen LogP contribution in [0.5, 0.6) is 0 Å². The lowest BCUT2D eigenvalue weighted by Gasteiger charge is -2.09. The molecule has 0 aromatic heterocycles. The molecule has 0 bridgehead atoms. The molecule has 104 valence electrons. The molecule has 0 amide bonds. The molecule has 0 fully saturated rings. The lowest BCUT2D eigenvalue weighted by Crippen LogP contribution is -2.16. The third-order valence-corrected chi connectivity index (χ3v) is 2.87. The van der Waals surface area contributed by atoms with Crippen LogP contribution in [0.3, 0.4) is 0 Å². The Morgan fingerprint density at radius 1 is 1.05 bits per heavy atom. The zero-order valence-electron chi connectivity index (χ0n) is 11.3. The fourth-order valence-corrected chi connectivity index (χ4v) is 1.82. The van der Waals surface area contributed by atoms with Gasteiger partial charge in [0.2, 0.25) is 0 Å². The monoisotopic (exact) mass is 271 g/mol. The fourth-order valence-electron chi connectivity index (χ4n) is 1.82. The van der Waals surface area contributed by atoms with Gasteiger partial charge in [0.05, 0.1) is 19.3 Å². The van der Waals surface area contributed by atoms with Crippen LogP contribution in [-0.4, -0.2) is 13.1 Å². The summed E-state index contributed by atoms with van der Waals surface area (Å²) < 4.78 is 4.75. The Morgan fingerprint density at radius 3 is 2.50 bits per heavy atom. The number of hydrogen-bond donors (Lipinski definition) is 1. The van der Waals surface area contributed by atoms with E-state index in [9.17, 15) is 4.79 Å². The molecule has 4 nitrogen and oxygen atoms in total. The third kappa shape index (κ3) is 3.91. The number of ether oxygens (including phenoxy) is 1.